The molecule has 0 saturated carbocycles. The molecule has 0 saturated heterocycles. The Kier molecular flexibility index (Phi) is 3.38. The van der Waals surface area contributed by atoms with Crippen LogP contribution in [0.3, 0.4) is 0 Å². The maximum absolute atomic E-state index is 12.2. The maximum atomic E-state index is 12.2. The first-order chi connectivity index (χ1) is 8.46. The Labute approximate surface area is 105 Å². The molecule has 0 radical (unpaired) electrons. The molecule has 0 fully saturated rings. The lowest BCUT2D eigenvalue weighted by molar-refractivity contribution is -0.274. The van der Waals surface area contributed by atoms with Crippen molar-refractivity contribution in [3.63, 3.8) is 0 Å². The monoisotopic (exact) mass is 274 g/mol. The largest absolute Gasteiger partial charge is 0.573 e. The van der Waals surface area contributed by atoms with Crippen LogP contribution in [-0.4, -0.2) is 16.6 Å². The first-order valence-electron chi connectivity index (χ1n) is 4.80. The van der Waals surface area contributed by atoms with Crippen LogP contribution in [0.1, 0.15) is 0 Å². The quantitative estimate of drug-likeness (QED) is 0.837. The van der Waals surface area contributed by atoms with Crippen LogP contribution < -0.4 is 4.74 Å². The predicted octanol–water partition coefficient (Wildman–Crippen LogP) is 3.70. The number of ether oxygens (including phenoxy) is 1. The summed E-state index contributed by atoms with van der Waals surface area (Å²) < 4.78 is 40.6. The molecule has 18 heavy (non-hydrogen) atoms. The first-order valence-corrected chi connectivity index (χ1v) is 5.18. The standard InChI is InChI=1S/C11H6ClF3N2O/c12-10-6-5-8(16-17-10)7-3-1-2-4-9(7)18-11(13,14)15/h1-6H. The van der Waals surface area contributed by atoms with Crippen LogP contribution in [0.4, 0.5) is 13.2 Å². The van der Waals surface area contributed by atoms with E-state index in [0.29, 0.717) is 0 Å². The summed E-state index contributed by atoms with van der Waals surface area (Å²) in [7, 11) is 0. The maximum Gasteiger partial charge on any atom is 0.573 e. The number of para-hydroxylation sites is 1. The lowest BCUT2D eigenvalue weighted by atomic mass is 10.1. The number of aromatic nitrogens is 2. The molecule has 3 nitrogen and oxygen atoms in total. The van der Waals surface area contributed by atoms with E-state index < -0.39 is 6.36 Å². The second-order valence-corrected chi connectivity index (χ2v) is 3.67. The highest BCUT2D eigenvalue weighted by Crippen LogP contribution is 2.32. The number of hydrogen-bond acceptors (Lipinski definition) is 3. The van der Waals surface area contributed by atoms with Crippen LogP contribution in [0.2, 0.25) is 5.15 Å². The fourth-order valence-corrected chi connectivity index (χ4v) is 1.45. The molecule has 7 heteroatoms. The van der Waals surface area contributed by atoms with Crippen LogP contribution in [-0.2, 0) is 0 Å². The highest BCUT2D eigenvalue weighted by atomic mass is 35.5. The Balaban J connectivity index is 2.41. The van der Waals surface area contributed by atoms with Gasteiger partial charge in [-0.3, -0.25) is 0 Å². The Morgan fingerprint density at radius 1 is 1.00 bits per heavy atom. The first kappa shape index (κ1) is 12.6. The van der Waals surface area contributed by atoms with Crippen LogP contribution in [0, 0.1) is 0 Å². The normalized spacial score (nSPS) is 11.3. The molecule has 1 aromatic carbocycles. The van der Waals surface area contributed by atoms with Gasteiger partial charge in [-0.25, -0.2) is 0 Å². The zero-order valence-corrected chi connectivity index (χ0v) is 9.53. The average Bonchev–Trinajstić information content (AvgIpc) is 2.29. The fraction of sp³-hybridized carbons (Fsp3) is 0.0909. The van der Waals surface area contributed by atoms with E-state index in [9.17, 15) is 13.2 Å². The van der Waals surface area contributed by atoms with Gasteiger partial charge in [0.1, 0.15) is 5.75 Å². The zero-order valence-electron chi connectivity index (χ0n) is 8.78. The van der Waals surface area contributed by atoms with Gasteiger partial charge in [-0.15, -0.1) is 23.4 Å². The summed E-state index contributed by atoms with van der Waals surface area (Å²) in [5.41, 5.74) is 0.443. The van der Waals surface area contributed by atoms with E-state index in [4.69, 9.17) is 11.6 Å². The van der Waals surface area contributed by atoms with Crippen molar-refractivity contribution in [3.8, 4) is 17.0 Å². The molecule has 0 unspecified atom stereocenters. The minimum absolute atomic E-state index is 0.160. The minimum Gasteiger partial charge on any atom is -0.405 e. The van der Waals surface area contributed by atoms with Crippen molar-refractivity contribution < 1.29 is 17.9 Å². The number of alkyl halides is 3. The molecule has 1 aromatic heterocycles. The fourth-order valence-electron chi connectivity index (χ4n) is 1.35. The minimum atomic E-state index is -4.75. The number of nitrogens with zero attached hydrogens (tertiary/aromatic N) is 2. The smallest absolute Gasteiger partial charge is 0.405 e. The topological polar surface area (TPSA) is 35.0 Å². The third kappa shape index (κ3) is 3.10. The van der Waals surface area contributed by atoms with Gasteiger partial charge in [-0.2, -0.15) is 0 Å². The molecule has 2 rings (SSSR count). The lowest BCUT2D eigenvalue weighted by Gasteiger charge is -2.12. The molecule has 0 aliphatic heterocycles. The Hall–Kier alpha value is -1.82. The molecule has 0 bridgehead atoms. The van der Waals surface area contributed by atoms with Gasteiger partial charge in [0.15, 0.2) is 5.15 Å². The van der Waals surface area contributed by atoms with Gasteiger partial charge in [0.05, 0.1) is 5.69 Å². The lowest BCUT2D eigenvalue weighted by Crippen LogP contribution is -2.17. The highest BCUT2D eigenvalue weighted by Gasteiger charge is 2.32. The van der Waals surface area contributed by atoms with Gasteiger partial charge in [0.25, 0.3) is 0 Å². The van der Waals surface area contributed by atoms with E-state index in [0.717, 1.165) is 0 Å². The summed E-state index contributed by atoms with van der Waals surface area (Å²) in [6.07, 6.45) is -4.75. The molecule has 0 N–H and O–H groups in total. The molecular formula is C11H6ClF3N2O. The van der Waals surface area contributed by atoms with Gasteiger partial charge >= 0.3 is 6.36 Å². The average molecular weight is 275 g/mol. The van der Waals surface area contributed by atoms with Crippen LogP contribution >= 0.6 is 11.6 Å². The molecule has 0 aliphatic carbocycles. The molecule has 2 aromatic rings. The van der Waals surface area contributed by atoms with E-state index in [1.807, 2.05) is 0 Å². The van der Waals surface area contributed by atoms with Crippen molar-refractivity contribution in [3.05, 3.63) is 41.6 Å². The van der Waals surface area contributed by atoms with Gasteiger partial charge in [0, 0.05) is 5.56 Å². The van der Waals surface area contributed by atoms with E-state index in [2.05, 4.69) is 14.9 Å². The van der Waals surface area contributed by atoms with Crippen LogP contribution in [0.5, 0.6) is 5.75 Å². The van der Waals surface area contributed by atoms with E-state index in [-0.39, 0.29) is 22.2 Å². The predicted molar refractivity (Wildman–Crippen MR) is 59.2 cm³/mol. The molecule has 0 aliphatic rings. The molecule has 0 atom stereocenters. The third-order valence-corrected chi connectivity index (χ3v) is 2.22. The highest BCUT2D eigenvalue weighted by molar-refractivity contribution is 6.29. The number of hydrogen-bond donors (Lipinski definition) is 0. The van der Waals surface area contributed by atoms with Crippen LogP contribution in [0.25, 0.3) is 11.3 Å². The summed E-state index contributed by atoms with van der Waals surface area (Å²) >= 11 is 5.56. The molecular weight excluding hydrogens is 269 g/mol. The van der Waals surface area contributed by atoms with Gasteiger partial charge in [-0.1, -0.05) is 23.7 Å². The van der Waals surface area contributed by atoms with Gasteiger partial charge in [-0.05, 0) is 24.3 Å². The Morgan fingerprint density at radius 3 is 2.33 bits per heavy atom. The van der Waals surface area contributed by atoms with E-state index in [1.165, 1.54) is 30.3 Å². The van der Waals surface area contributed by atoms with Crippen LogP contribution in [0.15, 0.2) is 36.4 Å². The van der Waals surface area contributed by atoms with Gasteiger partial charge in [0.2, 0.25) is 0 Å². The number of benzene rings is 1. The summed E-state index contributed by atoms with van der Waals surface area (Å²) in [5, 5.41) is 7.44. The van der Waals surface area contributed by atoms with Crippen molar-refractivity contribution in [1.29, 1.82) is 0 Å². The summed E-state index contributed by atoms with van der Waals surface area (Å²) in [6, 6.07) is 8.59. The molecule has 0 spiro atoms. The molecule has 0 amide bonds. The number of rotatable bonds is 2. The molecule has 1 heterocycles. The van der Waals surface area contributed by atoms with E-state index in [1.54, 1.807) is 6.07 Å². The zero-order chi connectivity index (χ0) is 13.2. The van der Waals surface area contributed by atoms with Crippen molar-refractivity contribution in [2.45, 2.75) is 6.36 Å². The SMILES string of the molecule is FC(F)(F)Oc1ccccc1-c1ccc(Cl)nn1. The van der Waals surface area contributed by atoms with Gasteiger partial charge < -0.3 is 4.74 Å². The van der Waals surface area contributed by atoms with Crippen molar-refractivity contribution in [2.75, 3.05) is 0 Å². The second-order valence-electron chi connectivity index (χ2n) is 3.29. The summed E-state index contributed by atoms with van der Waals surface area (Å²) in [4.78, 5) is 0. The van der Waals surface area contributed by atoms with Crippen molar-refractivity contribution in [2.24, 2.45) is 0 Å². The second kappa shape index (κ2) is 4.81. The van der Waals surface area contributed by atoms with E-state index >= 15 is 0 Å². The van der Waals surface area contributed by atoms with Crippen molar-refractivity contribution >= 4 is 11.6 Å². The summed E-state index contributed by atoms with van der Waals surface area (Å²) in [6.45, 7) is 0. The Morgan fingerprint density at radius 2 is 1.72 bits per heavy atom. The van der Waals surface area contributed by atoms with Crippen molar-refractivity contribution in [1.82, 2.24) is 10.2 Å². The third-order valence-electron chi connectivity index (χ3n) is 2.02. The summed E-state index contributed by atoms with van der Waals surface area (Å²) in [5.74, 6) is -0.332. The number of halogens is 4. The Bertz CT molecular complexity index is 543. The molecule has 94 valence electrons.